The first-order valence-electron chi connectivity index (χ1n) is 13.3. The van der Waals surface area contributed by atoms with E-state index in [-0.39, 0.29) is 31.1 Å². The molecule has 4 unspecified atom stereocenters. The molecule has 39 heavy (non-hydrogen) atoms. The van der Waals surface area contributed by atoms with Gasteiger partial charge in [-0.25, -0.2) is 4.79 Å². The minimum atomic E-state index is -2.27. The fourth-order valence-electron chi connectivity index (χ4n) is 3.12. The smallest absolute Gasteiger partial charge is 0.330 e. The molecule has 0 spiro atoms. The topological polar surface area (TPSA) is 116 Å². The molecular formula is C28H50O10Si. The second kappa shape index (κ2) is 18.3. The van der Waals surface area contributed by atoms with Crippen LogP contribution in [0.3, 0.4) is 0 Å². The highest BCUT2D eigenvalue weighted by molar-refractivity contribution is 6.74. The molecular weight excluding hydrogens is 524 g/mol. The lowest BCUT2D eigenvalue weighted by molar-refractivity contribution is -0.162. The van der Waals surface area contributed by atoms with E-state index in [2.05, 4.69) is 47.0 Å². The molecule has 0 heterocycles. The van der Waals surface area contributed by atoms with Crippen LogP contribution < -0.4 is 0 Å². The highest BCUT2D eigenvalue weighted by atomic mass is 28.4. The quantitative estimate of drug-likeness (QED) is 0.0385. The van der Waals surface area contributed by atoms with Gasteiger partial charge in [-0.3, -0.25) is 9.59 Å². The van der Waals surface area contributed by atoms with Crippen LogP contribution in [0.5, 0.6) is 0 Å². The Labute approximate surface area is 235 Å². The molecule has 0 aromatic carbocycles. The number of esters is 3. The number of carbonyl (C=O) groups excluding carboxylic acids is 3. The molecule has 0 saturated carbocycles. The van der Waals surface area contributed by atoms with Gasteiger partial charge >= 0.3 is 17.9 Å². The lowest BCUT2D eigenvalue weighted by Gasteiger charge is -2.40. The fraction of sp³-hybridized carbons (Fsp3) is 0.750. The van der Waals surface area contributed by atoms with E-state index in [9.17, 15) is 14.4 Å². The molecule has 226 valence electrons. The SMILES string of the molecule is C=CC(=O)OC(C)CC(=O)O[C@@H](C)C(CCC(=O)OC(C)C(C=C)OCOCCOC)O[Si](C)(C)C(C)(C)C. The number of hydrogen-bond donors (Lipinski definition) is 0. The molecule has 0 fully saturated rings. The van der Waals surface area contributed by atoms with Crippen molar-refractivity contribution in [2.45, 2.75) is 109 Å². The van der Waals surface area contributed by atoms with Crippen molar-refractivity contribution in [2.75, 3.05) is 27.1 Å². The maximum Gasteiger partial charge on any atom is 0.330 e. The normalized spacial score (nSPS) is 15.8. The van der Waals surface area contributed by atoms with Crippen molar-refractivity contribution in [3.8, 4) is 0 Å². The summed E-state index contributed by atoms with van der Waals surface area (Å²) < 4.78 is 38.6. The predicted molar refractivity (Wildman–Crippen MR) is 151 cm³/mol. The average molecular weight is 575 g/mol. The molecule has 0 N–H and O–H groups in total. The monoisotopic (exact) mass is 574 g/mol. The molecule has 0 aromatic rings. The first kappa shape index (κ1) is 36.9. The van der Waals surface area contributed by atoms with Crippen molar-refractivity contribution in [1.29, 1.82) is 0 Å². The molecule has 0 radical (unpaired) electrons. The summed E-state index contributed by atoms with van der Waals surface area (Å²) in [6, 6.07) is 0. The van der Waals surface area contributed by atoms with Crippen LogP contribution in [0.1, 0.15) is 60.8 Å². The second-order valence-electron chi connectivity index (χ2n) is 10.9. The van der Waals surface area contributed by atoms with Gasteiger partial charge in [0.15, 0.2) is 8.32 Å². The Morgan fingerprint density at radius 2 is 1.54 bits per heavy atom. The van der Waals surface area contributed by atoms with E-state index in [1.54, 1.807) is 34.0 Å². The van der Waals surface area contributed by atoms with Crippen LogP contribution in [0.4, 0.5) is 0 Å². The van der Waals surface area contributed by atoms with Crippen molar-refractivity contribution in [2.24, 2.45) is 0 Å². The third-order valence-corrected chi connectivity index (χ3v) is 11.0. The van der Waals surface area contributed by atoms with Crippen LogP contribution in [0.2, 0.25) is 18.1 Å². The van der Waals surface area contributed by atoms with E-state index in [1.165, 1.54) is 0 Å². The highest BCUT2D eigenvalue weighted by Gasteiger charge is 2.41. The van der Waals surface area contributed by atoms with E-state index < -0.39 is 56.7 Å². The summed E-state index contributed by atoms with van der Waals surface area (Å²) >= 11 is 0. The van der Waals surface area contributed by atoms with Gasteiger partial charge in [0.05, 0.1) is 25.7 Å². The van der Waals surface area contributed by atoms with Gasteiger partial charge in [0.25, 0.3) is 0 Å². The fourth-order valence-corrected chi connectivity index (χ4v) is 4.54. The molecule has 10 nitrogen and oxygen atoms in total. The molecule has 0 saturated heterocycles. The minimum Gasteiger partial charge on any atom is -0.460 e. The summed E-state index contributed by atoms with van der Waals surface area (Å²) in [5, 5.41) is -0.0999. The molecule has 0 aromatic heterocycles. The Balaban J connectivity index is 5.19. The molecule has 0 rings (SSSR count). The standard InChI is InChI=1S/C28H50O10Si/c1-12-23(34-19-33-17-16-32-9)21(4)36-26(30)15-14-24(38-39(10,11)28(6,7)8)22(5)37-27(31)18-20(3)35-25(29)13-2/h12-13,20-24H,1-2,14-19H2,3-11H3/t20?,21?,22-,23?,24?/m0/s1. The zero-order valence-corrected chi connectivity index (χ0v) is 26.3. The number of rotatable bonds is 20. The first-order valence-corrected chi connectivity index (χ1v) is 16.2. The van der Waals surface area contributed by atoms with Crippen LogP contribution in [0.15, 0.2) is 25.3 Å². The molecule has 11 heteroatoms. The van der Waals surface area contributed by atoms with Gasteiger partial charge in [-0.15, -0.1) is 6.58 Å². The zero-order chi connectivity index (χ0) is 30.2. The Hall–Kier alpha value is -2.05. The van der Waals surface area contributed by atoms with Crippen LogP contribution >= 0.6 is 0 Å². The zero-order valence-electron chi connectivity index (χ0n) is 25.3. The Morgan fingerprint density at radius 1 is 0.923 bits per heavy atom. The van der Waals surface area contributed by atoms with Crippen LogP contribution in [0, 0.1) is 0 Å². The maximum atomic E-state index is 12.7. The van der Waals surface area contributed by atoms with Gasteiger partial charge in [0, 0.05) is 19.6 Å². The molecule has 5 atom stereocenters. The summed E-state index contributed by atoms with van der Waals surface area (Å²) in [6.45, 7) is 23.5. The van der Waals surface area contributed by atoms with E-state index in [1.807, 2.05) is 0 Å². The molecule has 0 bridgehead atoms. The van der Waals surface area contributed by atoms with E-state index in [4.69, 9.17) is 32.8 Å². The van der Waals surface area contributed by atoms with Gasteiger partial charge in [-0.1, -0.05) is 33.4 Å². The maximum absolute atomic E-state index is 12.7. The highest BCUT2D eigenvalue weighted by Crippen LogP contribution is 2.38. The number of ether oxygens (including phenoxy) is 6. The van der Waals surface area contributed by atoms with E-state index in [0.29, 0.717) is 13.2 Å². The van der Waals surface area contributed by atoms with Gasteiger partial charge in [-0.05, 0) is 45.3 Å². The first-order chi connectivity index (χ1) is 18.1. The van der Waals surface area contributed by atoms with Crippen LogP contribution in [-0.4, -0.2) is 83.9 Å². The van der Waals surface area contributed by atoms with E-state index in [0.717, 1.165) is 6.08 Å². The lowest BCUT2D eigenvalue weighted by Crippen LogP contribution is -2.47. The van der Waals surface area contributed by atoms with Crippen molar-refractivity contribution >= 4 is 26.2 Å². The lowest BCUT2D eigenvalue weighted by atomic mass is 10.1. The minimum absolute atomic E-state index is 0.0126. The molecule has 0 aliphatic carbocycles. The Morgan fingerprint density at radius 3 is 2.08 bits per heavy atom. The van der Waals surface area contributed by atoms with Crippen molar-refractivity contribution < 1.29 is 47.2 Å². The van der Waals surface area contributed by atoms with Crippen molar-refractivity contribution in [1.82, 2.24) is 0 Å². The summed E-state index contributed by atoms with van der Waals surface area (Å²) in [5.74, 6) is -1.59. The van der Waals surface area contributed by atoms with E-state index >= 15 is 0 Å². The summed E-state index contributed by atoms with van der Waals surface area (Å²) in [4.78, 5) is 36.6. The molecule has 0 aliphatic rings. The largest absolute Gasteiger partial charge is 0.460 e. The Kier molecular flexibility index (Phi) is 17.4. The van der Waals surface area contributed by atoms with Crippen molar-refractivity contribution in [3.05, 3.63) is 25.3 Å². The number of hydrogen-bond acceptors (Lipinski definition) is 10. The number of carbonyl (C=O) groups is 3. The third kappa shape index (κ3) is 15.4. The summed E-state index contributed by atoms with van der Waals surface area (Å²) in [7, 11) is -0.694. The summed E-state index contributed by atoms with van der Waals surface area (Å²) in [5.41, 5.74) is 0. The molecule has 0 amide bonds. The van der Waals surface area contributed by atoms with Gasteiger partial charge < -0.3 is 32.8 Å². The molecule has 0 aliphatic heterocycles. The Bertz CT molecular complexity index is 777. The van der Waals surface area contributed by atoms with Gasteiger partial charge in [0.1, 0.15) is 31.2 Å². The predicted octanol–water partition coefficient (Wildman–Crippen LogP) is 4.72. The average Bonchev–Trinajstić information content (AvgIpc) is 2.82. The van der Waals surface area contributed by atoms with Crippen LogP contribution in [0.25, 0.3) is 0 Å². The second-order valence-corrected chi connectivity index (χ2v) is 15.6. The van der Waals surface area contributed by atoms with Crippen LogP contribution in [-0.2, 0) is 47.2 Å². The van der Waals surface area contributed by atoms with Gasteiger partial charge in [-0.2, -0.15) is 0 Å². The van der Waals surface area contributed by atoms with Gasteiger partial charge in [0.2, 0.25) is 0 Å². The summed E-state index contributed by atoms with van der Waals surface area (Å²) in [6.07, 6.45) is -0.185. The number of methoxy groups -OCH3 is 1. The third-order valence-electron chi connectivity index (χ3n) is 6.45. The van der Waals surface area contributed by atoms with Crippen molar-refractivity contribution in [3.63, 3.8) is 0 Å².